The largest absolute Gasteiger partial charge is 0.423 e. The smallest absolute Gasteiger partial charge is 0.339 e. The molecule has 134 valence electrons. The van der Waals surface area contributed by atoms with Crippen molar-refractivity contribution in [1.29, 1.82) is 0 Å². The zero-order valence-corrected chi connectivity index (χ0v) is 16.2. The maximum Gasteiger partial charge on any atom is 0.339 e. The Balaban J connectivity index is 2.61. The van der Waals surface area contributed by atoms with Crippen molar-refractivity contribution in [3.63, 3.8) is 0 Å². The summed E-state index contributed by atoms with van der Waals surface area (Å²) in [5, 5.41) is 0. The first-order valence-electron chi connectivity index (χ1n) is 9.27. The molecule has 1 unspecified atom stereocenters. The van der Waals surface area contributed by atoms with E-state index in [1.807, 2.05) is 6.92 Å². The third-order valence-corrected chi connectivity index (χ3v) is 5.14. The van der Waals surface area contributed by atoms with E-state index in [1.54, 1.807) is 6.08 Å². The molecule has 2 nitrogen and oxygen atoms in total. The third kappa shape index (κ3) is 4.31. The van der Waals surface area contributed by atoms with Crippen molar-refractivity contribution in [2.24, 2.45) is 5.92 Å². The van der Waals surface area contributed by atoms with E-state index in [0.717, 1.165) is 36.8 Å². The van der Waals surface area contributed by atoms with Crippen molar-refractivity contribution >= 4 is 12.2 Å². The average molecular weight is 338 g/mol. The summed E-state index contributed by atoms with van der Waals surface area (Å²) in [5.41, 5.74) is 6.49. The van der Waals surface area contributed by atoms with Crippen LogP contribution in [0.2, 0.25) is 0 Å². The highest BCUT2D eigenvalue weighted by molar-refractivity contribution is 5.67. The second kappa shape index (κ2) is 8.33. The zero-order valence-electron chi connectivity index (χ0n) is 16.2. The highest BCUT2D eigenvalue weighted by Crippen LogP contribution is 2.30. The number of hydrogen-bond donors (Lipinski definition) is 0. The van der Waals surface area contributed by atoms with Gasteiger partial charge in [0.05, 0.1) is 0 Å². The molecule has 1 aliphatic rings. The van der Waals surface area contributed by atoms with Crippen molar-refractivity contribution in [3.8, 4) is 0 Å². The monoisotopic (exact) mass is 338 g/mol. The number of hydrogen-bond acceptors (Lipinski definition) is 2. The SMILES string of the molecule is C=Cc1oc(=O)c(C)c(CC2=CCC(C)C=C2C)c1C=C(CC)CC. The fourth-order valence-electron chi connectivity index (χ4n) is 3.39. The Hall–Kier alpha value is -2.09. The summed E-state index contributed by atoms with van der Waals surface area (Å²) in [6.07, 6.45) is 12.3. The predicted octanol–water partition coefficient (Wildman–Crippen LogP) is 6.25. The van der Waals surface area contributed by atoms with Gasteiger partial charge in [-0.15, -0.1) is 0 Å². The van der Waals surface area contributed by atoms with Crippen LogP contribution in [0.3, 0.4) is 0 Å². The summed E-state index contributed by atoms with van der Waals surface area (Å²) in [7, 11) is 0. The topological polar surface area (TPSA) is 30.2 Å². The van der Waals surface area contributed by atoms with Gasteiger partial charge in [0.25, 0.3) is 0 Å². The van der Waals surface area contributed by atoms with Gasteiger partial charge in [0, 0.05) is 11.1 Å². The van der Waals surface area contributed by atoms with E-state index in [1.165, 1.54) is 16.7 Å². The van der Waals surface area contributed by atoms with Gasteiger partial charge < -0.3 is 4.42 Å². The van der Waals surface area contributed by atoms with Gasteiger partial charge in [-0.2, -0.15) is 0 Å². The van der Waals surface area contributed by atoms with Gasteiger partial charge in [-0.1, -0.05) is 56.7 Å². The van der Waals surface area contributed by atoms with Crippen LogP contribution in [0.25, 0.3) is 12.2 Å². The molecule has 1 atom stereocenters. The van der Waals surface area contributed by atoms with E-state index in [2.05, 4.69) is 52.5 Å². The molecular weight excluding hydrogens is 308 g/mol. The molecule has 0 aliphatic heterocycles. The van der Waals surface area contributed by atoms with Crippen LogP contribution >= 0.6 is 0 Å². The van der Waals surface area contributed by atoms with E-state index < -0.39 is 0 Å². The van der Waals surface area contributed by atoms with E-state index in [-0.39, 0.29) is 5.63 Å². The van der Waals surface area contributed by atoms with Crippen LogP contribution in [0.5, 0.6) is 0 Å². The van der Waals surface area contributed by atoms with E-state index in [0.29, 0.717) is 17.2 Å². The molecule has 2 rings (SSSR count). The summed E-state index contributed by atoms with van der Waals surface area (Å²) in [4.78, 5) is 12.3. The van der Waals surface area contributed by atoms with Crippen LogP contribution in [0.4, 0.5) is 0 Å². The highest BCUT2D eigenvalue weighted by atomic mass is 16.4. The van der Waals surface area contributed by atoms with Crippen LogP contribution in [-0.2, 0) is 6.42 Å². The fourth-order valence-corrected chi connectivity index (χ4v) is 3.39. The van der Waals surface area contributed by atoms with E-state index >= 15 is 0 Å². The molecule has 0 aromatic carbocycles. The summed E-state index contributed by atoms with van der Waals surface area (Å²) in [6, 6.07) is 0. The average Bonchev–Trinajstić information content (AvgIpc) is 2.59. The minimum absolute atomic E-state index is 0.261. The molecule has 2 heteroatoms. The van der Waals surface area contributed by atoms with Crippen LogP contribution in [0, 0.1) is 12.8 Å². The summed E-state index contributed by atoms with van der Waals surface area (Å²) >= 11 is 0. The molecule has 0 saturated heterocycles. The second-order valence-corrected chi connectivity index (χ2v) is 6.95. The lowest BCUT2D eigenvalue weighted by atomic mass is 9.86. The lowest BCUT2D eigenvalue weighted by Crippen LogP contribution is -2.13. The summed E-state index contributed by atoms with van der Waals surface area (Å²) in [6.45, 7) is 14.4. The lowest BCUT2D eigenvalue weighted by molar-refractivity contribution is 0.492. The first-order chi connectivity index (χ1) is 11.9. The third-order valence-electron chi connectivity index (χ3n) is 5.14. The summed E-state index contributed by atoms with van der Waals surface area (Å²) in [5.74, 6) is 1.16. The molecular formula is C23H30O2. The van der Waals surface area contributed by atoms with Crippen molar-refractivity contribution < 1.29 is 4.42 Å². The molecule has 0 fully saturated rings. The minimum atomic E-state index is -0.261. The van der Waals surface area contributed by atoms with Crippen LogP contribution in [0.1, 0.15) is 69.4 Å². The van der Waals surface area contributed by atoms with Crippen LogP contribution < -0.4 is 5.63 Å². The van der Waals surface area contributed by atoms with Gasteiger partial charge in [-0.3, -0.25) is 0 Å². The van der Waals surface area contributed by atoms with Gasteiger partial charge >= 0.3 is 5.63 Å². The standard InChI is InChI=1S/C23H30O2/c1-7-18(8-2)13-21-20(17(6)23(24)25-22(21)9-3)14-19-11-10-15(4)12-16(19)5/h9,11-13,15H,3,7-8,10,14H2,1-2,4-6H3. The Labute approximate surface area is 151 Å². The molecule has 0 spiro atoms. The Morgan fingerprint density at radius 3 is 2.56 bits per heavy atom. The maximum absolute atomic E-state index is 12.3. The maximum atomic E-state index is 12.3. The van der Waals surface area contributed by atoms with Gasteiger partial charge in [0.1, 0.15) is 5.76 Å². The highest BCUT2D eigenvalue weighted by Gasteiger charge is 2.18. The molecule has 1 aromatic rings. The fraction of sp³-hybridized carbons (Fsp3) is 0.435. The molecule has 1 aromatic heterocycles. The van der Waals surface area contributed by atoms with Gasteiger partial charge in [-0.25, -0.2) is 4.79 Å². The molecule has 25 heavy (non-hydrogen) atoms. The van der Waals surface area contributed by atoms with E-state index in [4.69, 9.17) is 4.42 Å². The summed E-state index contributed by atoms with van der Waals surface area (Å²) < 4.78 is 5.50. The van der Waals surface area contributed by atoms with Crippen LogP contribution in [-0.4, -0.2) is 0 Å². The Morgan fingerprint density at radius 2 is 2.00 bits per heavy atom. The zero-order chi connectivity index (χ0) is 18.6. The van der Waals surface area contributed by atoms with Crippen molar-refractivity contribution in [3.05, 3.63) is 68.3 Å². The quantitative estimate of drug-likeness (QED) is 0.613. The molecule has 0 radical (unpaired) electrons. The molecule has 0 amide bonds. The van der Waals surface area contributed by atoms with E-state index in [9.17, 15) is 4.79 Å². The Morgan fingerprint density at radius 1 is 1.32 bits per heavy atom. The first kappa shape index (κ1) is 19.2. The van der Waals surface area contributed by atoms with Crippen molar-refractivity contribution in [2.45, 2.75) is 60.3 Å². The predicted molar refractivity (Wildman–Crippen MR) is 108 cm³/mol. The second-order valence-electron chi connectivity index (χ2n) is 6.95. The molecule has 1 heterocycles. The number of allylic oxidation sites excluding steroid dienone is 5. The van der Waals surface area contributed by atoms with Gasteiger partial charge in [-0.05, 0) is 62.7 Å². The van der Waals surface area contributed by atoms with Crippen molar-refractivity contribution in [1.82, 2.24) is 0 Å². The normalized spacial score (nSPS) is 16.9. The Bertz CT molecular complexity index is 794. The van der Waals surface area contributed by atoms with Gasteiger partial charge in [0.15, 0.2) is 0 Å². The lowest BCUT2D eigenvalue weighted by Gasteiger charge is -2.19. The first-order valence-corrected chi connectivity index (χ1v) is 9.27. The molecule has 1 aliphatic carbocycles. The number of rotatable bonds is 6. The Kier molecular flexibility index (Phi) is 6.41. The molecule has 0 saturated carbocycles. The molecule has 0 bridgehead atoms. The van der Waals surface area contributed by atoms with Crippen molar-refractivity contribution in [2.75, 3.05) is 0 Å². The van der Waals surface area contributed by atoms with Gasteiger partial charge in [0.2, 0.25) is 0 Å². The van der Waals surface area contributed by atoms with Crippen LogP contribution in [0.15, 0.2) is 44.7 Å². The minimum Gasteiger partial charge on any atom is -0.423 e. The molecule has 0 N–H and O–H groups in total.